The van der Waals surface area contributed by atoms with Crippen molar-refractivity contribution in [3.63, 3.8) is 0 Å². The maximum atomic E-state index is 12.2. The molecule has 0 bridgehead atoms. The number of imide groups is 1. The van der Waals surface area contributed by atoms with Crippen LogP contribution in [0.3, 0.4) is 0 Å². The number of thioether (sulfide) groups is 1. The van der Waals surface area contributed by atoms with Gasteiger partial charge >= 0.3 is 0 Å². The highest BCUT2D eigenvalue weighted by molar-refractivity contribution is 14.1. The molecule has 0 unspecified atom stereocenters. The van der Waals surface area contributed by atoms with Crippen molar-refractivity contribution in [2.24, 2.45) is 0 Å². The predicted molar refractivity (Wildman–Crippen MR) is 124 cm³/mol. The fourth-order valence-electron chi connectivity index (χ4n) is 2.82. The van der Waals surface area contributed by atoms with Crippen LogP contribution in [0.5, 0.6) is 11.5 Å². The van der Waals surface area contributed by atoms with Crippen molar-refractivity contribution in [1.82, 2.24) is 4.90 Å². The maximum Gasteiger partial charge on any atom is 0.293 e. The number of halogens is 1. The Kier molecular flexibility index (Phi) is 7.02. The van der Waals surface area contributed by atoms with Gasteiger partial charge in [-0.15, -0.1) is 6.58 Å². The molecule has 2 aromatic carbocycles. The van der Waals surface area contributed by atoms with Gasteiger partial charge in [0.1, 0.15) is 6.61 Å². The molecule has 1 aliphatic heterocycles. The first-order chi connectivity index (χ1) is 13.9. The van der Waals surface area contributed by atoms with Crippen LogP contribution in [-0.2, 0) is 17.8 Å². The van der Waals surface area contributed by atoms with Crippen LogP contribution in [-0.4, -0.2) is 30.2 Å². The second kappa shape index (κ2) is 9.49. The summed E-state index contributed by atoms with van der Waals surface area (Å²) >= 11 is 3.19. The van der Waals surface area contributed by atoms with Crippen LogP contribution in [0.4, 0.5) is 4.79 Å². The van der Waals surface area contributed by atoms with E-state index in [1.807, 2.05) is 30.3 Å². The summed E-state index contributed by atoms with van der Waals surface area (Å²) in [6.07, 6.45) is 4.07. The smallest absolute Gasteiger partial charge is 0.293 e. The predicted octanol–water partition coefficient (Wildman–Crippen LogP) is 5.27. The van der Waals surface area contributed by atoms with Crippen molar-refractivity contribution in [3.8, 4) is 11.5 Å². The molecule has 0 aromatic heterocycles. The van der Waals surface area contributed by atoms with Gasteiger partial charge < -0.3 is 9.47 Å². The largest absolute Gasteiger partial charge is 0.493 e. The number of nitrogens with zero attached hydrogens (tertiary/aromatic N) is 1. The van der Waals surface area contributed by atoms with E-state index in [-0.39, 0.29) is 11.1 Å². The summed E-state index contributed by atoms with van der Waals surface area (Å²) in [5.74, 6) is 0.909. The van der Waals surface area contributed by atoms with E-state index >= 15 is 0 Å². The molecule has 29 heavy (non-hydrogen) atoms. The molecule has 1 aliphatic rings. The third-order valence-electron chi connectivity index (χ3n) is 4.32. The van der Waals surface area contributed by atoms with Gasteiger partial charge in [-0.2, -0.15) is 0 Å². The molecule has 3 rings (SSSR count). The van der Waals surface area contributed by atoms with Gasteiger partial charge in [-0.05, 0) is 82.2 Å². The van der Waals surface area contributed by atoms with Gasteiger partial charge in [0.05, 0.1) is 12.0 Å². The number of carbonyl (C=O) groups excluding carboxylic acids is 2. The lowest BCUT2D eigenvalue weighted by Crippen LogP contribution is -2.22. The Hall–Kier alpha value is -2.26. The quantitative estimate of drug-likeness (QED) is 0.282. The first kappa shape index (κ1) is 21.4. The number of likely N-dealkylation sites (N-methyl/N-ethyl adjacent to an activating group) is 1. The van der Waals surface area contributed by atoms with E-state index in [0.717, 1.165) is 36.9 Å². The molecular formula is C22H20INO4S. The molecule has 2 amide bonds. The lowest BCUT2D eigenvalue weighted by Gasteiger charge is -2.16. The molecule has 0 N–H and O–H groups in total. The van der Waals surface area contributed by atoms with Crippen molar-refractivity contribution in [3.05, 3.63) is 74.2 Å². The Bertz CT molecular complexity index is 985. The van der Waals surface area contributed by atoms with E-state index in [1.165, 1.54) is 7.05 Å². The zero-order chi connectivity index (χ0) is 21.0. The molecule has 0 aliphatic carbocycles. The zero-order valence-corrected chi connectivity index (χ0v) is 19.1. The van der Waals surface area contributed by atoms with Crippen molar-refractivity contribution < 1.29 is 19.1 Å². The molecule has 1 heterocycles. The topological polar surface area (TPSA) is 55.8 Å². The lowest BCUT2D eigenvalue weighted by molar-refractivity contribution is -0.121. The van der Waals surface area contributed by atoms with Gasteiger partial charge in [0.2, 0.25) is 0 Å². The second-order valence-electron chi connectivity index (χ2n) is 6.36. The standard InChI is InChI=1S/C22H20INO4S/c1-4-5-16-10-15(12-19-21(25)24(2)22(26)29-19)11-18(27-3)20(16)28-13-14-6-8-17(23)9-7-14/h4,6-12H,1,5,13H2,2-3H3/b19-12-. The highest BCUT2D eigenvalue weighted by Gasteiger charge is 2.31. The Labute approximate surface area is 187 Å². The Morgan fingerprint density at radius 3 is 2.52 bits per heavy atom. The minimum atomic E-state index is -0.303. The molecule has 0 atom stereocenters. The Balaban J connectivity index is 1.92. The summed E-state index contributed by atoms with van der Waals surface area (Å²) in [4.78, 5) is 25.4. The first-order valence-electron chi connectivity index (χ1n) is 8.83. The fourth-order valence-corrected chi connectivity index (χ4v) is 4.01. The third-order valence-corrected chi connectivity index (χ3v) is 6.00. The van der Waals surface area contributed by atoms with E-state index < -0.39 is 0 Å². The van der Waals surface area contributed by atoms with Crippen molar-refractivity contribution in [1.29, 1.82) is 0 Å². The molecular weight excluding hydrogens is 501 g/mol. The summed E-state index contributed by atoms with van der Waals surface area (Å²) in [6, 6.07) is 11.8. The summed E-state index contributed by atoms with van der Waals surface area (Å²) in [5.41, 5.74) is 2.71. The summed E-state index contributed by atoms with van der Waals surface area (Å²) < 4.78 is 12.8. The van der Waals surface area contributed by atoms with Crippen LogP contribution >= 0.6 is 34.4 Å². The molecule has 150 valence electrons. The van der Waals surface area contributed by atoms with Crippen LogP contribution in [0, 0.1) is 3.57 Å². The summed E-state index contributed by atoms with van der Waals surface area (Å²) in [5, 5.41) is -0.281. The Morgan fingerprint density at radius 1 is 1.21 bits per heavy atom. The molecule has 7 heteroatoms. The SMILES string of the molecule is C=CCc1cc(/C=C2\SC(=O)N(C)C2=O)cc(OC)c1OCc1ccc(I)cc1. The van der Waals surface area contributed by atoms with Gasteiger partial charge in [0.25, 0.3) is 11.1 Å². The van der Waals surface area contributed by atoms with E-state index in [1.54, 1.807) is 25.3 Å². The number of rotatable bonds is 7. The second-order valence-corrected chi connectivity index (χ2v) is 8.60. The normalized spacial score (nSPS) is 15.1. The van der Waals surface area contributed by atoms with Gasteiger partial charge in [-0.25, -0.2) is 0 Å². The third kappa shape index (κ3) is 5.02. The van der Waals surface area contributed by atoms with Gasteiger partial charge in [-0.1, -0.05) is 18.2 Å². The van der Waals surface area contributed by atoms with E-state index in [2.05, 4.69) is 29.2 Å². The molecule has 1 fully saturated rings. The average molecular weight is 521 g/mol. The first-order valence-corrected chi connectivity index (χ1v) is 10.7. The number of hydrogen-bond acceptors (Lipinski definition) is 5. The van der Waals surface area contributed by atoms with Crippen LogP contribution in [0.25, 0.3) is 6.08 Å². The number of ether oxygens (including phenoxy) is 2. The van der Waals surface area contributed by atoms with Crippen LogP contribution in [0.1, 0.15) is 16.7 Å². The number of methoxy groups -OCH3 is 1. The van der Waals surface area contributed by atoms with Crippen molar-refractivity contribution in [2.45, 2.75) is 13.0 Å². The minimum absolute atomic E-state index is 0.281. The monoisotopic (exact) mass is 521 g/mol. The molecule has 1 saturated heterocycles. The molecule has 2 aromatic rings. The molecule has 0 saturated carbocycles. The number of benzene rings is 2. The average Bonchev–Trinajstić information content (AvgIpc) is 2.95. The van der Waals surface area contributed by atoms with Gasteiger partial charge in [0.15, 0.2) is 11.5 Å². The summed E-state index contributed by atoms with van der Waals surface area (Å²) in [6.45, 7) is 4.23. The van der Waals surface area contributed by atoms with E-state index in [0.29, 0.717) is 29.4 Å². The van der Waals surface area contributed by atoms with Gasteiger partial charge in [0, 0.05) is 16.2 Å². The number of carbonyl (C=O) groups is 2. The van der Waals surface area contributed by atoms with Crippen molar-refractivity contribution in [2.75, 3.05) is 14.2 Å². The minimum Gasteiger partial charge on any atom is -0.493 e. The highest BCUT2D eigenvalue weighted by Crippen LogP contribution is 2.37. The van der Waals surface area contributed by atoms with Gasteiger partial charge in [-0.3, -0.25) is 14.5 Å². The zero-order valence-electron chi connectivity index (χ0n) is 16.1. The van der Waals surface area contributed by atoms with Crippen LogP contribution in [0.15, 0.2) is 54.0 Å². The van der Waals surface area contributed by atoms with E-state index in [9.17, 15) is 9.59 Å². The Morgan fingerprint density at radius 2 is 1.93 bits per heavy atom. The maximum absolute atomic E-state index is 12.2. The van der Waals surface area contributed by atoms with E-state index in [4.69, 9.17) is 9.47 Å². The highest BCUT2D eigenvalue weighted by atomic mass is 127. The van der Waals surface area contributed by atoms with Crippen LogP contribution in [0.2, 0.25) is 0 Å². The molecule has 5 nitrogen and oxygen atoms in total. The molecule has 0 radical (unpaired) electrons. The van der Waals surface area contributed by atoms with Crippen LogP contribution < -0.4 is 9.47 Å². The number of hydrogen-bond donors (Lipinski definition) is 0. The fraction of sp³-hybridized carbons (Fsp3) is 0.182. The van der Waals surface area contributed by atoms with Crippen molar-refractivity contribution >= 4 is 51.6 Å². The summed E-state index contributed by atoms with van der Waals surface area (Å²) in [7, 11) is 3.05. The lowest BCUT2D eigenvalue weighted by atomic mass is 10.0. The molecule has 0 spiro atoms. The number of allylic oxidation sites excluding steroid dienone is 1. The number of amides is 2.